The number of ether oxygens (including phenoxy) is 1. The third kappa shape index (κ3) is 4.23. The first-order chi connectivity index (χ1) is 14.5. The van der Waals surface area contributed by atoms with Gasteiger partial charge >= 0.3 is 0 Å². The van der Waals surface area contributed by atoms with Gasteiger partial charge in [-0.15, -0.1) is 0 Å². The van der Waals surface area contributed by atoms with Crippen molar-refractivity contribution in [3.05, 3.63) is 70.6 Å². The van der Waals surface area contributed by atoms with Crippen LogP contribution in [0.5, 0.6) is 5.75 Å². The topological polar surface area (TPSA) is 83.0 Å². The van der Waals surface area contributed by atoms with Gasteiger partial charge in [-0.2, -0.15) is 4.98 Å². The van der Waals surface area contributed by atoms with Crippen molar-refractivity contribution in [3.63, 3.8) is 0 Å². The summed E-state index contributed by atoms with van der Waals surface area (Å²) in [6.45, 7) is 4.22. The van der Waals surface area contributed by atoms with Crippen molar-refractivity contribution in [2.24, 2.45) is 5.92 Å². The van der Waals surface area contributed by atoms with Crippen molar-refractivity contribution < 1.29 is 9.26 Å². The van der Waals surface area contributed by atoms with Crippen molar-refractivity contribution in [3.8, 4) is 11.4 Å². The molecule has 0 bridgehead atoms. The van der Waals surface area contributed by atoms with Crippen LogP contribution in [0.1, 0.15) is 25.6 Å². The van der Waals surface area contributed by atoms with E-state index in [1.165, 1.54) is 11.8 Å². The summed E-state index contributed by atoms with van der Waals surface area (Å²) in [5.41, 5.74) is 1.24. The van der Waals surface area contributed by atoms with Gasteiger partial charge in [-0.1, -0.05) is 42.9 Å². The van der Waals surface area contributed by atoms with Gasteiger partial charge in [-0.05, 0) is 42.3 Å². The molecule has 0 aliphatic rings. The van der Waals surface area contributed by atoms with Crippen LogP contribution >= 0.6 is 11.8 Å². The predicted octanol–water partition coefficient (Wildman–Crippen LogP) is 4.27. The van der Waals surface area contributed by atoms with Crippen LogP contribution in [-0.4, -0.2) is 26.8 Å². The summed E-state index contributed by atoms with van der Waals surface area (Å²) < 4.78 is 12.2. The molecule has 0 N–H and O–H groups in total. The summed E-state index contributed by atoms with van der Waals surface area (Å²) in [6.07, 6.45) is 0.763. The maximum atomic E-state index is 13.3. The van der Waals surface area contributed by atoms with Crippen molar-refractivity contribution in [2.45, 2.75) is 31.2 Å². The molecule has 0 saturated heterocycles. The molecule has 0 aliphatic heterocycles. The number of nitrogens with zero attached hydrogens (tertiary/aromatic N) is 4. The number of para-hydroxylation sites is 1. The SMILES string of the molecule is COc1ccc(-n2c(SCc3nc(CC(C)C)no3)nc3ccccc3c2=O)cc1. The highest BCUT2D eigenvalue weighted by atomic mass is 32.2. The fourth-order valence-electron chi connectivity index (χ4n) is 3.09. The van der Waals surface area contributed by atoms with E-state index in [2.05, 4.69) is 24.0 Å². The molecular weight excluding hydrogens is 400 g/mol. The zero-order chi connectivity index (χ0) is 21.1. The molecule has 0 unspecified atom stereocenters. The molecule has 2 aromatic heterocycles. The van der Waals surface area contributed by atoms with E-state index >= 15 is 0 Å². The molecule has 0 amide bonds. The van der Waals surface area contributed by atoms with E-state index in [1.54, 1.807) is 17.7 Å². The van der Waals surface area contributed by atoms with Crippen molar-refractivity contribution in [2.75, 3.05) is 7.11 Å². The highest BCUT2D eigenvalue weighted by molar-refractivity contribution is 7.98. The quantitative estimate of drug-likeness (QED) is 0.325. The summed E-state index contributed by atoms with van der Waals surface area (Å²) in [4.78, 5) is 22.4. The molecule has 30 heavy (non-hydrogen) atoms. The summed E-state index contributed by atoms with van der Waals surface area (Å²) >= 11 is 1.39. The number of rotatable bonds is 7. The Kier molecular flexibility index (Phi) is 5.85. The number of fused-ring (bicyclic) bond motifs is 1. The molecule has 0 atom stereocenters. The molecule has 4 rings (SSSR count). The van der Waals surface area contributed by atoms with Crippen molar-refractivity contribution >= 4 is 22.7 Å². The lowest BCUT2D eigenvalue weighted by molar-refractivity contribution is 0.382. The van der Waals surface area contributed by atoms with E-state index < -0.39 is 0 Å². The molecule has 0 fully saturated rings. The summed E-state index contributed by atoms with van der Waals surface area (Å²) in [5, 5.41) is 5.16. The van der Waals surface area contributed by atoms with Gasteiger partial charge in [0.25, 0.3) is 5.56 Å². The van der Waals surface area contributed by atoms with Gasteiger partial charge in [0.1, 0.15) is 5.75 Å². The number of thioether (sulfide) groups is 1. The fraction of sp³-hybridized carbons (Fsp3) is 0.273. The zero-order valence-electron chi connectivity index (χ0n) is 17.0. The zero-order valence-corrected chi connectivity index (χ0v) is 17.8. The lowest BCUT2D eigenvalue weighted by atomic mass is 10.1. The van der Waals surface area contributed by atoms with Crippen LogP contribution in [0.4, 0.5) is 0 Å². The third-order valence-corrected chi connectivity index (χ3v) is 5.42. The Bertz CT molecular complexity index is 1220. The fourth-order valence-corrected chi connectivity index (χ4v) is 3.94. The normalized spacial score (nSPS) is 11.3. The predicted molar refractivity (Wildman–Crippen MR) is 116 cm³/mol. The smallest absolute Gasteiger partial charge is 0.266 e. The molecule has 0 spiro atoms. The molecule has 8 heteroatoms. The van der Waals surface area contributed by atoms with E-state index in [9.17, 15) is 4.79 Å². The molecule has 0 saturated carbocycles. The first-order valence-corrected chi connectivity index (χ1v) is 10.6. The van der Waals surface area contributed by atoms with Gasteiger partial charge in [0, 0.05) is 6.42 Å². The Morgan fingerprint density at radius 1 is 1.10 bits per heavy atom. The van der Waals surface area contributed by atoms with Crippen LogP contribution in [0.3, 0.4) is 0 Å². The average molecular weight is 423 g/mol. The number of benzene rings is 2. The van der Waals surface area contributed by atoms with E-state index in [-0.39, 0.29) is 5.56 Å². The average Bonchev–Trinajstić information content (AvgIpc) is 3.19. The van der Waals surface area contributed by atoms with Gasteiger partial charge in [0.2, 0.25) is 5.89 Å². The standard InChI is InChI=1S/C22H22N4O3S/c1-14(2)12-19-24-20(29-25-19)13-30-22-23-18-7-5-4-6-17(18)21(27)26(22)15-8-10-16(28-3)11-9-15/h4-11,14H,12-13H2,1-3H3. The molecule has 2 aromatic carbocycles. The second kappa shape index (κ2) is 8.71. The minimum absolute atomic E-state index is 0.126. The second-order valence-corrected chi connectivity index (χ2v) is 8.18. The second-order valence-electron chi connectivity index (χ2n) is 7.24. The molecule has 0 radical (unpaired) electrons. The Labute approximate surface area is 178 Å². The van der Waals surface area contributed by atoms with E-state index in [0.29, 0.717) is 45.1 Å². The maximum absolute atomic E-state index is 13.3. The lowest BCUT2D eigenvalue weighted by Gasteiger charge is -2.13. The van der Waals surface area contributed by atoms with Crippen molar-refractivity contribution in [1.82, 2.24) is 19.7 Å². The first-order valence-electron chi connectivity index (χ1n) is 9.65. The minimum Gasteiger partial charge on any atom is -0.497 e. The summed E-state index contributed by atoms with van der Waals surface area (Å²) in [6, 6.07) is 14.7. The van der Waals surface area contributed by atoms with E-state index in [4.69, 9.17) is 14.2 Å². The minimum atomic E-state index is -0.126. The number of hydrogen-bond donors (Lipinski definition) is 0. The van der Waals surface area contributed by atoms with Crippen LogP contribution in [0, 0.1) is 5.92 Å². The van der Waals surface area contributed by atoms with Crippen LogP contribution < -0.4 is 10.3 Å². The summed E-state index contributed by atoms with van der Waals surface area (Å²) in [7, 11) is 1.61. The van der Waals surface area contributed by atoms with Gasteiger partial charge in [0.05, 0.1) is 29.5 Å². The Balaban J connectivity index is 1.72. The Morgan fingerprint density at radius 3 is 2.60 bits per heavy atom. The maximum Gasteiger partial charge on any atom is 0.266 e. The van der Waals surface area contributed by atoms with Crippen LogP contribution in [-0.2, 0) is 12.2 Å². The third-order valence-electron chi connectivity index (χ3n) is 4.50. The first kappa shape index (κ1) is 20.2. The number of aromatic nitrogens is 4. The molecular formula is C22H22N4O3S. The van der Waals surface area contributed by atoms with E-state index in [0.717, 1.165) is 12.2 Å². The largest absolute Gasteiger partial charge is 0.497 e. The molecule has 0 aliphatic carbocycles. The lowest BCUT2D eigenvalue weighted by Crippen LogP contribution is -2.21. The summed E-state index contributed by atoms with van der Waals surface area (Å²) in [5.74, 6) is 2.80. The van der Waals surface area contributed by atoms with Crippen LogP contribution in [0.2, 0.25) is 0 Å². The number of hydrogen-bond acceptors (Lipinski definition) is 7. The van der Waals surface area contributed by atoms with Gasteiger partial charge in [-0.3, -0.25) is 9.36 Å². The van der Waals surface area contributed by atoms with E-state index in [1.807, 2.05) is 42.5 Å². The molecule has 4 aromatic rings. The highest BCUT2D eigenvalue weighted by Crippen LogP contribution is 2.25. The van der Waals surface area contributed by atoms with Gasteiger partial charge in [0.15, 0.2) is 11.0 Å². The molecule has 2 heterocycles. The monoisotopic (exact) mass is 422 g/mol. The number of methoxy groups -OCH3 is 1. The molecule has 7 nitrogen and oxygen atoms in total. The van der Waals surface area contributed by atoms with Crippen LogP contribution in [0.25, 0.3) is 16.6 Å². The Hall–Kier alpha value is -3.13. The Morgan fingerprint density at radius 2 is 1.87 bits per heavy atom. The van der Waals surface area contributed by atoms with Gasteiger partial charge in [-0.25, -0.2) is 4.98 Å². The highest BCUT2D eigenvalue weighted by Gasteiger charge is 2.15. The van der Waals surface area contributed by atoms with Crippen LogP contribution in [0.15, 0.2) is 63.0 Å². The molecule has 154 valence electrons. The van der Waals surface area contributed by atoms with Crippen molar-refractivity contribution in [1.29, 1.82) is 0 Å². The van der Waals surface area contributed by atoms with Gasteiger partial charge < -0.3 is 9.26 Å².